The van der Waals surface area contributed by atoms with Gasteiger partial charge in [-0.2, -0.15) is 0 Å². The van der Waals surface area contributed by atoms with E-state index in [-0.39, 0.29) is 17.0 Å². The molecule has 2 heteroatoms. The second-order valence-electron chi connectivity index (χ2n) is 8.74. The summed E-state index contributed by atoms with van der Waals surface area (Å²) < 4.78 is 0. The normalized spacial score (nSPS) is 19.1. The molecule has 0 bridgehead atoms. The van der Waals surface area contributed by atoms with Gasteiger partial charge < -0.3 is 17.0 Å². The second-order valence-corrected chi connectivity index (χ2v) is 12.3. The van der Waals surface area contributed by atoms with Crippen LogP contribution in [0.15, 0.2) is 84.9 Å². The summed E-state index contributed by atoms with van der Waals surface area (Å²) >= 11 is 0. The van der Waals surface area contributed by atoms with E-state index in [1.165, 1.54) is 49.1 Å². The Morgan fingerprint density at radius 1 is 0.700 bits per heavy atom. The molecule has 30 heavy (non-hydrogen) atoms. The Labute approximate surface area is 194 Å². The van der Waals surface area contributed by atoms with Gasteiger partial charge in [0.15, 0.2) is 0 Å². The Bertz CT molecular complexity index is 859. The van der Waals surface area contributed by atoms with Crippen molar-refractivity contribution in [3.8, 4) is 0 Å². The van der Waals surface area contributed by atoms with Crippen LogP contribution in [0.25, 0.3) is 0 Å². The fourth-order valence-corrected chi connectivity index (χ4v) is 8.84. The van der Waals surface area contributed by atoms with Crippen molar-refractivity contribution in [3.63, 3.8) is 0 Å². The third-order valence-electron chi connectivity index (χ3n) is 6.95. The van der Waals surface area contributed by atoms with Gasteiger partial charge in [0.25, 0.3) is 0 Å². The van der Waals surface area contributed by atoms with Gasteiger partial charge in [-0.05, 0) is 73.4 Å². The summed E-state index contributed by atoms with van der Waals surface area (Å²) in [5.41, 5.74) is 1.62. The molecule has 0 amide bonds. The van der Waals surface area contributed by atoms with Crippen LogP contribution in [0.2, 0.25) is 0 Å². The monoisotopic (exact) mass is 480 g/mol. The zero-order valence-corrected chi connectivity index (χ0v) is 20.8. The van der Waals surface area contributed by atoms with Crippen LogP contribution in [-0.2, 0) is 0 Å². The number of hydrogen-bond acceptors (Lipinski definition) is 0. The van der Waals surface area contributed by atoms with Crippen LogP contribution in [0.3, 0.4) is 0 Å². The average molecular weight is 481 g/mol. The zero-order valence-electron chi connectivity index (χ0n) is 18.3. The topological polar surface area (TPSA) is 0 Å². The van der Waals surface area contributed by atoms with E-state index < -0.39 is 7.26 Å². The van der Waals surface area contributed by atoms with E-state index in [1.54, 1.807) is 10.9 Å². The Morgan fingerprint density at radius 3 is 1.73 bits per heavy atom. The van der Waals surface area contributed by atoms with Crippen molar-refractivity contribution >= 4 is 23.2 Å². The first-order chi connectivity index (χ1) is 14.2. The van der Waals surface area contributed by atoms with Crippen molar-refractivity contribution in [1.82, 2.24) is 0 Å². The fourth-order valence-electron chi connectivity index (χ4n) is 5.29. The van der Waals surface area contributed by atoms with Gasteiger partial charge >= 0.3 is 0 Å². The van der Waals surface area contributed by atoms with Crippen molar-refractivity contribution in [2.45, 2.75) is 51.4 Å². The highest BCUT2D eigenvalue weighted by Gasteiger charge is 2.42. The molecule has 3 aromatic rings. The molecule has 158 valence electrons. The molecule has 3 aromatic carbocycles. The largest absolute Gasteiger partial charge is 1.00 e. The SMILES string of the molecule is CCCC1CCC(c2ccccc2[P+](C)(c2ccccc2)c2ccccc2)CC1.[Br-]. The first-order valence-electron chi connectivity index (χ1n) is 11.3. The van der Waals surface area contributed by atoms with Crippen molar-refractivity contribution in [3.05, 3.63) is 90.5 Å². The molecule has 0 heterocycles. The Hall–Kier alpha value is -1.43. The summed E-state index contributed by atoms with van der Waals surface area (Å²) in [7, 11) is -1.66. The van der Waals surface area contributed by atoms with Gasteiger partial charge in [0.1, 0.15) is 23.2 Å². The molecule has 0 nitrogen and oxygen atoms in total. The molecule has 0 aromatic heterocycles. The minimum absolute atomic E-state index is 0. The first-order valence-corrected chi connectivity index (χ1v) is 13.5. The van der Waals surface area contributed by atoms with Gasteiger partial charge in [0.2, 0.25) is 0 Å². The maximum absolute atomic E-state index is 2.53. The molecule has 0 atom stereocenters. The Balaban J connectivity index is 0.00000256. The maximum atomic E-state index is 2.53. The molecule has 0 saturated heterocycles. The number of halogens is 1. The lowest BCUT2D eigenvalue weighted by molar-refractivity contribution is -0.00000588. The van der Waals surface area contributed by atoms with Crippen LogP contribution in [0.5, 0.6) is 0 Å². The summed E-state index contributed by atoms with van der Waals surface area (Å²) in [6, 6.07) is 31.8. The number of rotatable bonds is 6. The third kappa shape index (κ3) is 4.74. The number of hydrogen-bond donors (Lipinski definition) is 0. The molecule has 1 aliphatic carbocycles. The van der Waals surface area contributed by atoms with Crippen LogP contribution in [0, 0.1) is 5.92 Å². The van der Waals surface area contributed by atoms with Gasteiger partial charge in [0.05, 0.1) is 6.66 Å². The van der Waals surface area contributed by atoms with E-state index in [4.69, 9.17) is 0 Å². The molecule has 0 radical (unpaired) electrons. The molecule has 0 unspecified atom stereocenters. The van der Waals surface area contributed by atoms with Gasteiger partial charge in [-0.25, -0.2) is 0 Å². The standard InChI is InChI=1S/C28H34P.BrH/c1-3-12-23-19-21-24(22-20-23)27-17-10-11-18-28(27)29(2,25-13-6-4-7-14-25)26-15-8-5-9-16-26;/h4-11,13-18,23-24H,3,12,19-22H2,1-2H3;1H/q+1;/p-1. The lowest BCUT2D eigenvalue weighted by Crippen LogP contribution is -3.00. The van der Waals surface area contributed by atoms with E-state index in [1.807, 2.05) is 0 Å². The molecular formula is C28H34BrP. The van der Waals surface area contributed by atoms with Crippen LogP contribution in [0.4, 0.5) is 0 Å². The summed E-state index contributed by atoms with van der Waals surface area (Å²) in [6.07, 6.45) is 8.25. The molecule has 1 saturated carbocycles. The van der Waals surface area contributed by atoms with Gasteiger partial charge in [-0.3, -0.25) is 0 Å². The van der Waals surface area contributed by atoms with E-state index >= 15 is 0 Å². The van der Waals surface area contributed by atoms with Crippen LogP contribution in [-0.4, -0.2) is 6.66 Å². The molecule has 0 aliphatic heterocycles. The molecule has 0 N–H and O–H groups in total. The third-order valence-corrected chi connectivity index (χ3v) is 11.0. The molecule has 4 rings (SSSR count). The summed E-state index contributed by atoms with van der Waals surface area (Å²) in [4.78, 5) is 0. The van der Waals surface area contributed by atoms with Crippen molar-refractivity contribution < 1.29 is 17.0 Å². The van der Waals surface area contributed by atoms with Crippen LogP contribution >= 0.6 is 7.26 Å². The molecule has 0 spiro atoms. The Kier molecular flexibility index (Phi) is 8.32. The number of benzene rings is 3. The average Bonchev–Trinajstić information content (AvgIpc) is 2.80. The summed E-state index contributed by atoms with van der Waals surface area (Å²) in [5, 5.41) is 4.56. The van der Waals surface area contributed by atoms with Crippen molar-refractivity contribution in [2.75, 3.05) is 6.66 Å². The van der Waals surface area contributed by atoms with Crippen LogP contribution < -0.4 is 32.9 Å². The first kappa shape index (κ1) is 23.2. The smallest absolute Gasteiger partial charge is 0.109 e. The molecular weight excluding hydrogens is 447 g/mol. The lowest BCUT2D eigenvalue weighted by Gasteiger charge is -2.32. The van der Waals surface area contributed by atoms with Crippen molar-refractivity contribution in [2.24, 2.45) is 5.92 Å². The highest BCUT2D eigenvalue weighted by atomic mass is 79.9. The molecule has 1 aliphatic rings. The van der Waals surface area contributed by atoms with E-state index in [0.29, 0.717) is 5.92 Å². The molecule has 1 fully saturated rings. The second kappa shape index (κ2) is 10.7. The van der Waals surface area contributed by atoms with E-state index in [2.05, 4.69) is 98.5 Å². The predicted octanol–water partition coefficient (Wildman–Crippen LogP) is 3.69. The highest BCUT2D eigenvalue weighted by Crippen LogP contribution is 2.53. The lowest BCUT2D eigenvalue weighted by atomic mass is 9.77. The van der Waals surface area contributed by atoms with E-state index in [0.717, 1.165) is 5.92 Å². The zero-order chi connectivity index (χ0) is 20.1. The minimum atomic E-state index is -1.66. The van der Waals surface area contributed by atoms with Gasteiger partial charge in [-0.1, -0.05) is 74.4 Å². The van der Waals surface area contributed by atoms with Gasteiger partial charge in [0, 0.05) is 0 Å². The summed E-state index contributed by atoms with van der Waals surface area (Å²) in [6.45, 7) is 4.86. The van der Waals surface area contributed by atoms with Crippen LogP contribution in [0.1, 0.15) is 56.9 Å². The van der Waals surface area contributed by atoms with Crippen molar-refractivity contribution in [1.29, 1.82) is 0 Å². The Morgan fingerprint density at radius 2 is 1.20 bits per heavy atom. The van der Waals surface area contributed by atoms with Gasteiger partial charge in [-0.15, -0.1) is 0 Å². The predicted molar refractivity (Wildman–Crippen MR) is 131 cm³/mol. The fraction of sp³-hybridized carbons (Fsp3) is 0.357. The van der Waals surface area contributed by atoms with E-state index in [9.17, 15) is 0 Å². The summed E-state index contributed by atoms with van der Waals surface area (Å²) in [5.74, 6) is 1.67. The minimum Gasteiger partial charge on any atom is -1.00 e. The quantitative estimate of drug-likeness (QED) is 0.472. The maximum Gasteiger partial charge on any atom is 0.109 e. The highest BCUT2D eigenvalue weighted by molar-refractivity contribution is 7.95.